The largest absolute Gasteiger partial charge is 0.184 e. The molecule has 0 bridgehead atoms. The molecule has 2 radical (unpaired) electrons. The van der Waals surface area contributed by atoms with Gasteiger partial charge in [-0.15, -0.1) is 74.6 Å². The molecular formula is C58H61Cl2SiZr-3. The number of hydrogen-bond donors (Lipinski definition) is 0. The molecule has 8 aromatic rings. The topological polar surface area (TPSA) is 0 Å². The van der Waals surface area contributed by atoms with Gasteiger partial charge in [0.25, 0.3) is 0 Å². The van der Waals surface area contributed by atoms with E-state index in [0.717, 1.165) is 22.4 Å². The van der Waals surface area contributed by atoms with Crippen LogP contribution in [0.2, 0.25) is 0 Å². The Kier molecular flexibility index (Phi) is 17.1. The molecule has 0 aromatic heterocycles. The normalized spacial score (nSPS) is 11.7. The molecule has 1 aliphatic heterocycles. The van der Waals surface area contributed by atoms with Crippen LogP contribution in [0.5, 0.6) is 0 Å². The number of benzene rings is 6. The van der Waals surface area contributed by atoms with Crippen molar-refractivity contribution < 1.29 is 20.8 Å². The molecule has 0 N–H and O–H groups in total. The van der Waals surface area contributed by atoms with Crippen molar-refractivity contribution >= 4 is 58.5 Å². The van der Waals surface area contributed by atoms with Gasteiger partial charge >= 0.3 is 37.9 Å². The second-order valence-corrected chi connectivity index (χ2v) is 23.3. The van der Waals surface area contributed by atoms with Crippen LogP contribution in [-0.4, -0.2) is 9.52 Å². The fourth-order valence-corrected chi connectivity index (χ4v) is 9.58. The number of halogens is 2. The average molecular weight is 948 g/mol. The Morgan fingerprint density at radius 2 is 0.935 bits per heavy atom. The SMILES string of the molecule is CCCCc1ccccc1-c1cccc2[cH-]c(C(C)(C)C)cc12.CCCCc1ccccc1-c1cccc2[cH-]c(C(C)(C)C)cc12.[Cl][Zr][Cl].[c-]1cccc2c1[Si]c1ccccc1-2. The molecule has 0 fully saturated rings. The summed E-state index contributed by atoms with van der Waals surface area (Å²) in [6, 6.07) is 58.9. The van der Waals surface area contributed by atoms with Crippen molar-refractivity contribution in [3.8, 4) is 33.4 Å². The van der Waals surface area contributed by atoms with Crippen LogP contribution in [0.1, 0.15) is 103 Å². The summed E-state index contributed by atoms with van der Waals surface area (Å²) >= 11 is -0.826. The van der Waals surface area contributed by atoms with Crippen LogP contribution in [0, 0.1) is 6.07 Å². The van der Waals surface area contributed by atoms with Crippen molar-refractivity contribution in [2.24, 2.45) is 0 Å². The van der Waals surface area contributed by atoms with Crippen molar-refractivity contribution in [1.29, 1.82) is 0 Å². The minimum absolute atomic E-state index is 0.192. The van der Waals surface area contributed by atoms with Gasteiger partial charge in [-0.3, -0.25) is 0 Å². The van der Waals surface area contributed by atoms with Crippen LogP contribution in [0.4, 0.5) is 0 Å². The van der Waals surface area contributed by atoms with E-state index in [-0.39, 0.29) is 10.8 Å². The van der Waals surface area contributed by atoms with Gasteiger partial charge in [-0.2, -0.15) is 41.6 Å². The molecule has 4 heteroatoms. The Morgan fingerprint density at radius 1 is 0.516 bits per heavy atom. The quantitative estimate of drug-likeness (QED) is 0.105. The first-order chi connectivity index (χ1) is 29.9. The average Bonchev–Trinajstić information content (AvgIpc) is 4.02. The standard InChI is InChI=1S/2C23H27.C12H7Si.2ClH.Zr/c2*1-5-6-10-17-11-7-8-13-20(17)21-14-9-12-18-15-19(16-22(18)21)23(2,3)4;1-3-7-11-9(5-1)10-6-2-4-8-12(10)13-11;;;/h2*7-9,11-16H,5-6,10H2,1-4H3;1-7H;2*1H;/q3*-1;;;+2/p-2. The maximum Gasteiger partial charge on any atom is 0.0920 e. The van der Waals surface area contributed by atoms with E-state index in [4.69, 9.17) is 17.0 Å². The Morgan fingerprint density at radius 3 is 1.40 bits per heavy atom. The van der Waals surface area contributed by atoms with E-state index in [2.05, 4.69) is 207 Å². The van der Waals surface area contributed by atoms with E-state index in [1.165, 1.54) is 113 Å². The summed E-state index contributed by atoms with van der Waals surface area (Å²) in [5, 5.41) is 8.32. The summed E-state index contributed by atoms with van der Waals surface area (Å²) in [5.74, 6) is 0. The van der Waals surface area contributed by atoms with Crippen molar-refractivity contribution in [2.45, 2.75) is 105 Å². The minimum atomic E-state index is -0.826. The van der Waals surface area contributed by atoms with Gasteiger partial charge in [-0.25, -0.2) is 0 Å². The van der Waals surface area contributed by atoms with Crippen molar-refractivity contribution in [1.82, 2.24) is 0 Å². The van der Waals surface area contributed by atoms with Crippen LogP contribution in [-0.2, 0) is 44.5 Å². The van der Waals surface area contributed by atoms with E-state index in [1.54, 1.807) is 0 Å². The minimum Gasteiger partial charge on any atom is -0.184 e. The smallest absolute Gasteiger partial charge is 0.0920 e. The van der Waals surface area contributed by atoms with Crippen LogP contribution < -0.4 is 10.4 Å². The first kappa shape index (κ1) is 47.7. The molecular weight excluding hydrogens is 887 g/mol. The number of hydrogen-bond acceptors (Lipinski definition) is 0. The first-order valence-electron chi connectivity index (χ1n) is 22.3. The summed E-state index contributed by atoms with van der Waals surface area (Å²) in [4.78, 5) is 0. The molecule has 0 unspecified atom stereocenters. The molecule has 0 spiro atoms. The van der Waals surface area contributed by atoms with Gasteiger partial charge in [0.15, 0.2) is 0 Å². The predicted octanol–water partition coefficient (Wildman–Crippen LogP) is 16.2. The van der Waals surface area contributed by atoms with Crippen molar-refractivity contribution in [3.63, 3.8) is 0 Å². The van der Waals surface area contributed by atoms with E-state index < -0.39 is 20.8 Å². The summed E-state index contributed by atoms with van der Waals surface area (Å²) in [7, 11) is 10.7. The van der Waals surface area contributed by atoms with Gasteiger partial charge in [0, 0.05) is 0 Å². The van der Waals surface area contributed by atoms with Gasteiger partial charge in [0.05, 0.1) is 9.52 Å². The zero-order valence-electron chi connectivity index (χ0n) is 37.9. The van der Waals surface area contributed by atoms with Gasteiger partial charge in [0.2, 0.25) is 0 Å². The van der Waals surface area contributed by atoms with Crippen LogP contribution in [0.3, 0.4) is 0 Å². The maximum absolute atomic E-state index is 4.93. The molecule has 0 amide bonds. The van der Waals surface area contributed by atoms with Gasteiger partial charge in [0.1, 0.15) is 0 Å². The van der Waals surface area contributed by atoms with Gasteiger partial charge in [-0.05, 0) is 58.8 Å². The monoisotopic (exact) mass is 945 g/mol. The summed E-state index contributed by atoms with van der Waals surface area (Å²) < 4.78 is 0. The molecule has 8 aromatic carbocycles. The van der Waals surface area contributed by atoms with E-state index in [0.29, 0.717) is 0 Å². The van der Waals surface area contributed by atoms with E-state index in [1.807, 2.05) is 6.07 Å². The van der Waals surface area contributed by atoms with Crippen LogP contribution in [0.15, 0.2) is 152 Å². The number of aryl methyl sites for hydroxylation is 2. The molecule has 0 atom stereocenters. The maximum atomic E-state index is 4.93. The van der Waals surface area contributed by atoms with E-state index in [9.17, 15) is 0 Å². The zero-order chi connectivity index (χ0) is 44.3. The fraction of sp³-hybridized carbons (Fsp3) is 0.276. The molecule has 9 rings (SSSR count). The third kappa shape index (κ3) is 11.9. The molecule has 0 nitrogen and oxygen atoms in total. The second kappa shape index (κ2) is 22.2. The molecule has 318 valence electrons. The summed E-state index contributed by atoms with van der Waals surface area (Å²) in [6.07, 6.45) is 7.31. The van der Waals surface area contributed by atoms with Crippen LogP contribution in [0.25, 0.3) is 54.9 Å². The molecule has 1 heterocycles. The molecule has 0 saturated heterocycles. The van der Waals surface area contributed by atoms with Crippen LogP contribution >= 0.6 is 17.0 Å². The molecule has 62 heavy (non-hydrogen) atoms. The third-order valence-electron chi connectivity index (χ3n) is 11.8. The van der Waals surface area contributed by atoms with E-state index >= 15 is 0 Å². The summed E-state index contributed by atoms with van der Waals surface area (Å²) in [6.45, 7) is 18.2. The number of fused-ring (bicyclic) bond motifs is 5. The molecule has 1 aliphatic rings. The third-order valence-corrected chi connectivity index (χ3v) is 13.1. The van der Waals surface area contributed by atoms with Crippen molar-refractivity contribution in [3.05, 3.63) is 180 Å². The number of unbranched alkanes of at least 4 members (excludes halogenated alkanes) is 2. The first-order valence-corrected chi connectivity index (χ1v) is 29.6. The Hall–Kier alpha value is -3.78. The van der Waals surface area contributed by atoms with Gasteiger partial charge < -0.3 is 0 Å². The van der Waals surface area contributed by atoms with Crippen molar-refractivity contribution in [2.75, 3.05) is 0 Å². The Balaban J connectivity index is 0.000000155. The zero-order valence-corrected chi connectivity index (χ0v) is 42.9. The molecule has 0 saturated carbocycles. The predicted molar refractivity (Wildman–Crippen MR) is 272 cm³/mol. The Bertz CT molecular complexity index is 2480. The fourth-order valence-electron chi connectivity index (χ4n) is 8.27. The second-order valence-electron chi connectivity index (χ2n) is 18.3. The summed E-state index contributed by atoms with van der Waals surface area (Å²) in [5.41, 5.74) is 14.5. The number of rotatable bonds is 8. The Labute approximate surface area is 394 Å². The molecule has 0 aliphatic carbocycles. The van der Waals surface area contributed by atoms with Gasteiger partial charge in [-0.1, -0.05) is 175 Å².